The number of benzene rings is 1. The summed E-state index contributed by atoms with van der Waals surface area (Å²) in [4.78, 5) is 17.9. The SMILES string of the molecule is C[C@H](NCc1csc(N)n1)c1ccc(N2CCCC2=O)cc1. The van der Waals surface area contributed by atoms with Crippen molar-refractivity contribution in [2.75, 3.05) is 17.2 Å². The molecule has 1 amide bonds. The fourth-order valence-corrected chi connectivity index (χ4v) is 3.21. The van der Waals surface area contributed by atoms with E-state index in [1.54, 1.807) is 0 Å². The number of amides is 1. The molecule has 1 fully saturated rings. The Morgan fingerprint density at radius 3 is 2.77 bits per heavy atom. The molecule has 0 saturated carbocycles. The first-order valence-corrected chi connectivity index (χ1v) is 8.35. The van der Waals surface area contributed by atoms with Crippen molar-refractivity contribution in [1.29, 1.82) is 0 Å². The molecule has 116 valence electrons. The van der Waals surface area contributed by atoms with E-state index >= 15 is 0 Å². The smallest absolute Gasteiger partial charge is 0.227 e. The number of rotatable bonds is 5. The third-order valence-electron chi connectivity index (χ3n) is 3.94. The standard InChI is InChI=1S/C16H20N4OS/c1-11(18-9-13-10-22-16(17)19-13)12-4-6-14(7-5-12)20-8-2-3-15(20)21/h4-7,10-11,18H,2-3,8-9H2,1H3,(H2,17,19)/t11-/m0/s1. The molecule has 1 atom stereocenters. The maximum atomic E-state index is 11.8. The van der Waals surface area contributed by atoms with Crippen molar-refractivity contribution in [2.45, 2.75) is 32.4 Å². The van der Waals surface area contributed by atoms with Crippen LogP contribution in [0.4, 0.5) is 10.8 Å². The number of hydrogen-bond donors (Lipinski definition) is 2. The maximum absolute atomic E-state index is 11.8. The minimum Gasteiger partial charge on any atom is -0.375 e. The summed E-state index contributed by atoms with van der Waals surface area (Å²) in [6, 6.07) is 8.42. The third kappa shape index (κ3) is 3.28. The second-order valence-electron chi connectivity index (χ2n) is 5.52. The van der Waals surface area contributed by atoms with Crippen LogP contribution in [0.1, 0.15) is 37.1 Å². The van der Waals surface area contributed by atoms with E-state index in [1.165, 1.54) is 16.9 Å². The fourth-order valence-electron chi connectivity index (χ4n) is 2.64. The first-order chi connectivity index (χ1) is 10.6. The Morgan fingerprint density at radius 1 is 1.41 bits per heavy atom. The number of hydrogen-bond acceptors (Lipinski definition) is 5. The second kappa shape index (κ2) is 6.46. The van der Waals surface area contributed by atoms with Gasteiger partial charge in [-0.1, -0.05) is 12.1 Å². The lowest BCUT2D eigenvalue weighted by atomic mass is 10.1. The monoisotopic (exact) mass is 316 g/mol. The van der Waals surface area contributed by atoms with Crippen molar-refractivity contribution in [3.05, 3.63) is 40.9 Å². The molecule has 3 rings (SSSR count). The molecule has 6 heteroatoms. The first kappa shape index (κ1) is 15.0. The summed E-state index contributed by atoms with van der Waals surface area (Å²) < 4.78 is 0. The lowest BCUT2D eigenvalue weighted by Gasteiger charge is -2.18. The van der Waals surface area contributed by atoms with E-state index in [0.717, 1.165) is 24.3 Å². The number of carbonyl (C=O) groups is 1. The third-order valence-corrected chi connectivity index (χ3v) is 4.66. The average Bonchev–Trinajstić information content (AvgIpc) is 3.13. The zero-order valence-corrected chi connectivity index (χ0v) is 13.4. The molecule has 2 aromatic rings. The van der Waals surface area contributed by atoms with E-state index in [0.29, 0.717) is 18.1 Å². The second-order valence-corrected chi connectivity index (χ2v) is 6.41. The Kier molecular flexibility index (Phi) is 4.40. The lowest BCUT2D eigenvalue weighted by molar-refractivity contribution is -0.117. The Balaban J connectivity index is 1.60. The summed E-state index contributed by atoms with van der Waals surface area (Å²) in [7, 11) is 0. The molecular weight excluding hydrogens is 296 g/mol. The van der Waals surface area contributed by atoms with Gasteiger partial charge in [0.05, 0.1) is 5.69 Å². The predicted octanol–water partition coefficient (Wildman–Crippen LogP) is 2.70. The summed E-state index contributed by atoms with van der Waals surface area (Å²) in [6.07, 6.45) is 1.62. The number of carbonyl (C=O) groups excluding carboxylic acids is 1. The zero-order chi connectivity index (χ0) is 15.5. The van der Waals surface area contributed by atoms with Gasteiger partial charge in [0.2, 0.25) is 5.91 Å². The van der Waals surface area contributed by atoms with Gasteiger partial charge in [0, 0.05) is 36.6 Å². The molecule has 22 heavy (non-hydrogen) atoms. The molecule has 1 saturated heterocycles. The van der Waals surface area contributed by atoms with E-state index in [-0.39, 0.29) is 11.9 Å². The number of nitrogen functional groups attached to an aromatic ring is 1. The van der Waals surface area contributed by atoms with Gasteiger partial charge in [0.25, 0.3) is 0 Å². The van der Waals surface area contributed by atoms with Crippen molar-refractivity contribution >= 4 is 28.1 Å². The first-order valence-electron chi connectivity index (χ1n) is 7.47. The van der Waals surface area contributed by atoms with Crippen LogP contribution in [0.25, 0.3) is 0 Å². The lowest BCUT2D eigenvalue weighted by Crippen LogP contribution is -2.23. The molecule has 1 aromatic heterocycles. The van der Waals surface area contributed by atoms with Crippen LogP contribution >= 0.6 is 11.3 Å². The van der Waals surface area contributed by atoms with Gasteiger partial charge >= 0.3 is 0 Å². The van der Waals surface area contributed by atoms with Gasteiger partial charge in [-0.05, 0) is 31.0 Å². The molecule has 1 aromatic carbocycles. The van der Waals surface area contributed by atoms with Crippen LogP contribution in [0.2, 0.25) is 0 Å². The normalized spacial score (nSPS) is 16.2. The highest BCUT2D eigenvalue weighted by Gasteiger charge is 2.21. The van der Waals surface area contributed by atoms with Crippen LogP contribution < -0.4 is 16.0 Å². The highest BCUT2D eigenvalue weighted by molar-refractivity contribution is 7.13. The Labute approximate surface area is 134 Å². The Morgan fingerprint density at radius 2 is 2.18 bits per heavy atom. The van der Waals surface area contributed by atoms with Crippen LogP contribution in [0, 0.1) is 0 Å². The van der Waals surface area contributed by atoms with E-state index in [1.807, 2.05) is 22.4 Å². The molecule has 1 aliphatic heterocycles. The van der Waals surface area contributed by atoms with Crippen LogP contribution in [0.15, 0.2) is 29.6 Å². The van der Waals surface area contributed by atoms with Crippen LogP contribution in [0.5, 0.6) is 0 Å². The summed E-state index contributed by atoms with van der Waals surface area (Å²) >= 11 is 1.46. The number of nitrogens with zero attached hydrogens (tertiary/aromatic N) is 2. The molecule has 3 N–H and O–H groups in total. The highest BCUT2D eigenvalue weighted by Crippen LogP contribution is 2.23. The molecule has 0 bridgehead atoms. The van der Waals surface area contributed by atoms with E-state index in [4.69, 9.17) is 5.73 Å². The largest absolute Gasteiger partial charge is 0.375 e. The Hall–Kier alpha value is -1.92. The van der Waals surface area contributed by atoms with E-state index in [2.05, 4.69) is 29.4 Å². The van der Waals surface area contributed by atoms with Gasteiger partial charge in [-0.2, -0.15) is 0 Å². The number of nitrogens with one attached hydrogen (secondary N) is 1. The zero-order valence-electron chi connectivity index (χ0n) is 12.6. The molecule has 0 radical (unpaired) electrons. The van der Waals surface area contributed by atoms with Crippen molar-refractivity contribution in [3.8, 4) is 0 Å². The molecule has 5 nitrogen and oxygen atoms in total. The summed E-state index contributed by atoms with van der Waals surface area (Å²) in [5.74, 6) is 0.222. The van der Waals surface area contributed by atoms with Crippen molar-refractivity contribution in [3.63, 3.8) is 0 Å². The summed E-state index contributed by atoms with van der Waals surface area (Å²) in [5.41, 5.74) is 8.78. The van der Waals surface area contributed by atoms with Crippen molar-refractivity contribution < 1.29 is 4.79 Å². The van der Waals surface area contributed by atoms with E-state index in [9.17, 15) is 4.79 Å². The fraction of sp³-hybridized carbons (Fsp3) is 0.375. The topological polar surface area (TPSA) is 71.2 Å². The van der Waals surface area contributed by atoms with Gasteiger partial charge in [0.15, 0.2) is 5.13 Å². The van der Waals surface area contributed by atoms with Crippen LogP contribution in [0.3, 0.4) is 0 Å². The quantitative estimate of drug-likeness (QED) is 0.889. The minimum atomic E-state index is 0.214. The number of thiazole rings is 1. The molecule has 2 heterocycles. The van der Waals surface area contributed by atoms with Gasteiger partial charge in [-0.3, -0.25) is 4.79 Å². The molecule has 1 aliphatic rings. The maximum Gasteiger partial charge on any atom is 0.227 e. The van der Waals surface area contributed by atoms with Gasteiger partial charge in [0.1, 0.15) is 0 Å². The van der Waals surface area contributed by atoms with Crippen LogP contribution in [-0.2, 0) is 11.3 Å². The van der Waals surface area contributed by atoms with Crippen LogP contribution in [-0.4, -0.2) is 17.4 Å². The summed E-state index contributed by atoms with van der Waals surface area (Å²) in [5, 5.41) is 6.00. The molecule has 0 unspecified atom stereocenters. The number of aromatic nitrogens is 1. The van der Waals surface area contributed by atoms with E-state index < -0.39 is 0 Å². The Bertz CT molecular complexity index is 652. The number of anilines is 2. The van der Waals surface area contributed by atoms with Gasteiger partial charge in [-0.15, -0.1) is 11.3 Å². The summed E-state index contributed by atoms with van der Waals surface area (Å²) in [6.45, 7) is 3.64. The van der Waals surface area contributed by atoms with Gasteiger partial charge in [-0.25, -0.2) is 4.98 Å². The molecular formula is C16H20N4OS. The molecule has 0 aliphatic carbocycles. The van der Waals surface area contributed by atoms with Crippen molar-refractivity contribution in [1.82, 2.24) is 10.3 Å². The molecule has 0 spiro atoms. The number of nitrogens with two attached hydrogens (primary N) is 1. The van der Waals surface area contributed by atoms with Crippen molar-refractivity contribution in [2.24, 2.45) is 0 Å². The average molecular weight is 316 g/mol. The van der Waals surface area contributed by atoms with Gasteiger partial charge < -0.3 is 16.0 Å². The predicted molar refractivity (Wildman–Crippen MR) is 89.8 cm³/mol. The highest BCUT2D eigenvalue weighted by atomic mass is 32.1. The minimum absolute atomic E-state index is 0.214.